The lowest BCUT2D eigenvalue weighted by atomic mass is 10.1. The molecule has 1 heterocycles. The molecule has 0 saturated carbocycles. The Hall–Kier alpha value is -1.58. The number of carbonyl (C=O) groups is 1. The lowest BCUT2D eigenvalue weighted by Crippen LogP contribution is -2.05. The van der Waals surface area contributed by atoms with Crippen LogP contribution in [0, 0.1) is 5.92 Å². The van der Waals surface area contributed by atoms with Crippen molar-refractivity contribution in [3.63, 3.8) is 0 Å². The minimum absolute atomic E-state index is 0.0766. The highest BCUT2D eigenvalue weighted by atomic mass is 16.4. The number of anilines is 1. The summed E-state index contributed by atoms with van der Waals surface area (Å²) in [6.07, 6.45) is 3.85. The zero-order valence-corrected chi connectivity index (χ0v) is 9.73. The summed E-state index contributed by atoms with van der Waals surface area (Å²) in [5, 5.41) is 11.9. The van der Waals surface area contributed by atoms with Gasteiger partial charge in [-0.1, -0.05) is 13.8 Å². The second-order valence-electron chi connectivity index (χ2n) is 4.20. The fourth-order valence-corrected chi connectivity index (χ4v) is 1.37. The number of rotatable bonds is 6. The maximum Gasteiger partial charge on any atom is 0.354 e. The van der Waals surface area contributed by atoms with Gasteiger partial charge in [0.2, 0.25) is 0 Å². The first-order chi connectivity index (χ1) is 7.59. The van der Waals surface area contributed by atoms with Gasteiger partial charge in [0.1, 0.15) is 5.69 Å². The van der Waals surface area contributed by atoms with Crippen LogP contribution in [0.5, 0.6) is 0 Å². The van der Waals surface area contributed by atoms with E-state index in [4.69, 9.17) is 5.11 Å². The van der Waals surface area contributed by atoms with Gasteiger partial charge < -0.3 is 10.4 Å². The van der Waals surface area contributed by atoms with Crippen LogP contribution in [0.25, 0.3) is 0 Å². The van der Waals surface area contributed by atoms with Crippen LogP contribution in [0.2, 0.25) is 0 Å². The van der Waals surface area contributed by atoms with Crippen LogP contribution in [-0.2, 0) is 0 Å². The molecule has 0 unspecified atom stereocenters. The summed E-state index contributed by atoms with van der Waals surface area (Å²) < 4.78 is 0. The average molecular weight is 222 g/mol. The largest absolute Gasteiger partial charge is 0.477 e. The van der Waals surface area contributed by atoms with Gasteiger partial charge >= 0.3 is 5.97 Å². The molecule has 1 aromatic heterocycles. The summed E-state index contributed by atoms with van der Waals surface area (Å²) >= 11 is 0. The highest BCUT2D eigenvalue weighted by molar-refractivity contribution is 5.85. The molecule has 0 aromatic carbocycles. The number of carboxylic acid groups (broad SMARTS) is 1. The fraction of sp³-hybridized carbons (Fsp3) is 0.500. The Labute approximate surface area is 95.7 Å². The Morgan fingerprint density at radius 3 is 2.75 bits per heavy atom. The van der Waals surface area contributed by atoms with Gasteiger partial charge in [-0.05, 0) is 30.9 Å². The topological polar surface area (TPSA) is 62.2 Å². The molecule has 0 amide bonds. The molecule has 0 aliphatic rings. The van der Waals surface area contributed by atoms with E-state index < -0.39 is 5.97 Å². The maximum absolute atomic E-state index is 10.6. The summed E-state index contributed by atoms with van der Waals surface area (Å²) in [4.78, 5) is 14.4. The summed E-state index contributed by atoms with van der Waals surface area (Å²) in [6.45, 7) is 5.29. The number of nitrogens with zero attached hydrogens (tertiary/aromatic N) is 1. The lowest BCUT2D eigenvalue weighted by Gasteiger charge is -2.07. The Balaban J connectivity index is 2.35. The fourth-order valence-electron chi connectivity index (χ4n) is 1.37. The third-order valence-electron chi connectivity index (χ3n) is 2.27. The van der Waals surface area contributed by atoms with Crippen molar-refractivity contribution in [1.82, 2.24) is 4.98 Å². The van der Waals surface area contributed by atoms with Crippen molar-refractivity contribution in [2.24, 2.45) is 5.92 Å². The van der Waals surface area contributed by atoms with Crippen molar-refractivity contribution in [3.8, 4) is 0 Å². The van der Waals surface area contributed by atoms with E-state index in [1.807, 2.05) is 0 Å². The molecule has 1 aromatic rings. The normalized spacial score (nSPS) is 10.4. The van der Waals surface area contributed by atoms with Crippen molar-refractivity contribution >= 4 is 11.7 Å². The SMILES string of the molecule is CC(C)CCCNc1ccc(C(=O)O)nc1. The predicted molar refractivity (Wildman–Crippen MR) is 63.8 cm³/mol. The van der Waals surface area contributed by atoms with E-state index in [9.17, 15) is 4.79 Å². The van der Waals surface area contributed by atoms with Crippen LogP contribution in [0.4, 0.5) is 5.69 Å². The molecule has 0 saturated heterocycles. The zero-order valence-electron chi connectivity index (χ0n) is 9.73. The number of hydrogen-bond donors (Lipinski definition) is 2. The summed E-state index contributed by atoms with van der Waals surface area (Å²) in [6, 6.07) is 3.25. The van der Waals surface area contributed by atoms with Crippen molar-refractivity contribution in [3.05, 3.63) is 24.0 Å². The van der Waals surface area contributed by atoms with E-state index in [1.165, 1.54) is 12.5 Å². The molecular weight excluding hydrogens is 204 g/mol. The van der Waals surface area contributed by atoms with Crippen LogP contribution in [0.1, 0.15) is 37.2 Å². The first-order valence-corrected chi connectivity index (χ1v) is 5.53. The van der Waals surface area contributed by atoms with E-state index in [-0.39, 0.29) is 5.69 Å². The van der Waals surface area contributed by atoms with Crippen molar-refractivity contribution in [2.45, 2.75) is 26.7 Å². The van der Waals surface area contributed by atoms with E-state index in [0.717, 1.165) is 18.7 Å². The van der Waals surface area contributed by atoms with E-state index in [2.05, 4.69) is 24.1 Å². The molecule has 88 valence electrons. The minimum atomic E-state index is -0.994. The molecule has 0 fully saturated rings. The number of aromatic nitrogens is 1. The molecule has 2 N–H and O–H groups in total. The van der Waals surface area contributed by atoms with Gasteiger partial charge in [0, 0.05) is 6.54 Å². The first-order valence-electron chi connectivity index (χ1n) is 5.53. The van der Waals surface area contributed by atoms with Crippen LogP contribution >= 0.6 is 0 Å². The zero-order chi connectivity index (χ0) is 12.0. The highest BCUT2D eigenvalue weighted by Gasteiger charge is 2.02. The Kier molecular flexibility index (Phi) is 4.76. The second kappa shape index (κ2) is 6.10. The molecule has 1 rings (SSSR count). The molecule has 0 bridgehead atoms. The number of pyridine rings is 1. The summed E-state index contributed by atoms with van der Waals surface area (Å²) in [7, 11) is 0. The average Bonchev–Trinajstić information content (AvgIpc) is 2.25. The maximum atomic E-state index is 10.6. The molecule has 4 nitrogen and oxygen atoms in total. The predicted octanol–water partition coefficient (Wildman–Crippen LogP) is 2.63. The van der Waals surface area contributed by atoms with Crippen LogP contribution < -0.4 is 5.32 Å². The second-order valence-corrected chi connectivity index (χ2v) is 4.20. The third-order valence-corrected chi connectivity index (χ3v) is 2.27. The number of aromatic carboxylic acids is 1. The van der Waals surface area contributed by atoms with E-state index in [1.54, 1.807) is 12.3 Å². The molecule has 0 aliphatic heterocycles. The first kappa shape index (κ1) is 12.5. The van der Waals surface area contributed by atoms with Gasteiger partial charge in [-0.3, -0.25) is 0 Å². The van der Waals surface area contributed by atoms with E-state index >= 15 is 0 Å². The number of hydrogen-bond acceptors (Lipinski definition) is 3. The molecule has 0 atom stereocenters. The van der Waals surface area contributed by atoms with E-state index in [0.29, 0.717) is 5.92 Å². The Morgan fingerprint density at radius 1 is 1.50 bits per heavy atom. The highest BCUT2D eigenvalue weighted by Crippen LogP contribution is 2.08. The van der Waals surface area contributed by atoms with Crippen molar-refractivity contribution in [1.29, 1.82) is 0 Å². The summed E-state index contributed by atoms with van der Waals surface area (Å²) in [5.74, 6) is -0.277. The minimum Gasteiger partial charge on any atom is -0.477 e. The van der Waals surface area contributed by atoms with Gasteiger partial charge in [0.25, 0.3) is 0 Å². The smallest absolute Gasteiger partial charge is 0.354 e. The van der Waals surface area contributed by atoms with Crippen LogP contribution in [-0.4, -0.2) is 22.6 Å². The molecular formula is C12H18N2O2. The van der Waals surface area contributed by atoms with Crippen LogP contribution in [0.3, 0.4) is 0 Å². The van der Waals surface area contributed by atoms with Gasteiger partial charge in [-0.15, -0.1) is 0 Å². The molecule has 0 spiro atoms. The molecule has 4 heteroatoms. The molecule has 16 heavy (non-hydrogen) atoms. The monoisotopic (exact) mass is 222 g/mol. The Morgan fingerprint density at radius 2 is 2.25 bits per heavy atom. The van der Waals surface area contributed by atoms with Gasteiger partial charge in [-0.2, -0.15) is 0 Å². The third kappa shape index (κ3) is 4.29. The lowest BCUT2D eigenvalue weighted by molar-refractivity contribution is 0.0690. The molecule has 0 radical (unpaired) electrons. The Bertz CT molecular complexity index is 333. The number of carboxylic acids is 1. The van der Waals surface area contributed by atoms with Crippen molar-refractivity contribution in [2.75, 3.05) is 11.9 Å². The van der Waals surface area contributed by atoms with Crippen LogP contribution in [0.15, 0.2) is 18.3 Å². The van der Waals surface area contributed by atoms with Gasteiger partial charge in [0.15, 0.2) is 0 Å². The van der Waals surface area contributed by atoms with Gasteiger partial charge in [0.05, 0.1) is 11.9 Å². The molecule has 0 aliphatic carbocycles. The number of nitrogens with one attached hydrogen (secondary N) is 1. The quantitative estimate of drug-likeness (QED) is 0.726. The summed E-state index contributed by atoms with van der Waals surface area (Å²) in [5.41, 5.74) is 0.946. The van der Waals surface area contributed by atoms with Crippen molar-refractivity contribution < 1.29 is 9.90 Å². The van der Waals surface area contributed by atoms with Gasteiger partial charge in [-0.25, -0.2) is 9.78 Å². The standard InChI is InChI=1S/C12H18N2O2/c1-9(2)4-3-7-13-10-5-6-11(12(15)16)14-8-10/h5-6,8-9,13H,3-4,7H2,1-2H3,(H,15,16).